The summed E-state index contributed by atoms with van der Waals surface area (Å²) in [5, 5.41) is 53.8. The molecule has 6 aromatic heterocycles. The fraction of sp³-hybridized carbons (Fsp3) is 0.518. The zero-order chi connectivity index (χ0) is 54.5. The molecule has 6 bridgehead atoms. The Hall–Kier alpha value is -2.58. The molecule has 0 spiro atoms. The second kappa shape index (κ2) is 23.7. The summed E-state index contributed by atoms with van der Waals surface area (Å²) in [5.41, 5.74) is -5.11. The van der Waals surface area contributed by atoms with Gasteiger partial charge >= 0.3 is 17.9 Å². The highest BCUT2D eigenvalue weighted by Gasteiger charge is 2.71. The maximum Gasteiger partial charge on any atom is 0.349 e. The predicted molar refractivity (Wildman–Crippen MR) is 312 cm³/mol. The zero-order valence-corrected chi connectivity index (χ0v) is 53.2. The van der Waals surface area contributed by atoms with Gasteiger partial charge in [0.25, 0.3) is 0 Å². The molecule has 80 heavy (non-hydrogen) atoms. The number of carbonyl (C=O) groups excluding carboxylic acids is 3. The maximum absolute atomic E-state index is 13.1. The second-order valence-corrected chi connectivity index (χ2v) is 27.9. The van der Waals surface area contributed by atoms with Crippen LogP contribution < -0.4 is 17.0 Å². The molecule has 0 aliphatic carbocycles. The van der Waals surface area contributed by atoms with Gasteiger partial charge < -0.3 is 70.3 Å². The summed E-state index contributed by atoms with van der Waals surface area (Å²) in [7, 11) is 10.0. The Labute approximate surface area is 516 Å². The highest BCUT2D eigenvalue weighted by molar-refractivity contribution is 14.0. The van der Waals surface area contributed by atoms with Crippen molar-refractivity contribution >= 4 is 110 Å². The van der Waals surface area contributed by atoms with Gasteiger partial charge in [-0.2, -0.15) is 0 Å². The Morgan fingerprint density at radius 1 is 0.500 bits per heavy atom. The van der Waals surface area contributed by atoms with E-state index in [-0.39, 0.29) is 59.3 Å². The van der Waals surface area contributed by atoms with Gasteiger partial charge in [-0.25, -0.2) is 14.4 Å². The van der Waals surface area contributed by atoms with Gasteiger partial charge in [-0.05, 0) is 95.6 Å². The van der Waals surface area contributed by atoms with E-state index in [2.05, 4.69) is 42.7 Å². The number of nitrogens with zero attached hydrogens (tertiary/aromatic N) is 3. The number of methoxy groups -OCH3 is 1. The number of rotatable bonds is 11. The molecule has 4 N–H and O–H groups in total. The summed E-state index contributed by atoms with van der Waals surface area (Å²) in [6.45, 7) is 0. The Morgan fingerprint density at radius 3 is 1.06 bits per heavy atom. The average molecular weight is 1390 g/mol. The van der Waals surface area contributed by atoms with Crippen LogP contribution in [0, 0.1) is 0 Å². The zero-order valence-electron chi connectivity index (χ0n) is 44.3. The van der Waals surface area contributed by atoms with E-state index < -0.39 is 34.7 Å². The number of carbonyl (C=O) groups is 3. The molecule has 9 aliphatic heterocycles. The topological polar surface area (TPSA) is 204 Å². The number of aliphatic hydroxyl groups is 4. The Morgan fingerprint density at radius 2 is 0.775 bits per heavy atom. The monoisotopic (exact) mass is 1390 g/mol. The third kappa shape index (κ3) is 10.7. The quantitative estimate of drug-likeness (QED) is 0.0477. The highest BCUT2D eigenvalue weighted by Crippen LogP contribution is 2.53. The van der Waals surface area contributed by atoms with Crippen molar-refractivity contribution < 1.29 is 84.7 Å². The standard InChI is InChI=1S/C19H22NO4S2.C18H19NO4S2.C11H10O3S2.C8H13NO2.BrH.HI/c1-20(2)12-9-11(10-13(20)17-16(12)24-17)23-18(21)19(22,14-5-3-7-25-14)15-6-4-8-26-15;1-19-11-8-10(9-12(19)16-15(11)23-16)22-17(20)18(21,13-4-2-6-24-13)14-5-3-7-25-14;1-14-10(12)11(13,8-4-2-6-15-8)9-5-3-7-16-9;1-9-5-2-4(10)3-6(9)8-7(5)11-8;;/h3-8,11-13,16-17,22H,9-10H2,1-2H3;2-7,10-12,15-16,21H,8-9H2,1H3;2-7,13H,1H3;4-8,10H,2-3H2,1H3;2*1H/q+1;;;;;/p-1. The van der Waals surface area contributed by atoms with Crippen LogP contribution in [0.1, 0.15) is 67.8 Å². The molecular weight excluding hydrogens is 1320 g/mol. The van der Waals surface area contributed by atoms with Crippen molar-refractivity contribution in [3.63, 3.8) is 0 Å². The fourth-order valence-corrected chi connectivity index (χ4v) is 18.5. The lowest BCUT2D eigenvalue weighted by Gasteiger charge is -2.45. The number of thiophene rings is 6. The molecule has 15 rings (SSSR count). The number of hydrogen-bond donors (Lipinski definition) is 4. The van der Waals surface area contributed by atoms with Gasteiger partial charge in [-0.15, -0.1) is 92.0 Å². The minimum atomic E-state index is -1.72. The van der Waals surface area contributed by atoms with E-state index in [1.54, 1.807) is 48.5 Å². The second-order valence-electron chi connectivity index (χ2n) is 22.2. The number of hydrogen-bond acceptors (Lipinski definition) is 21. The van der Waals surface area contributed by atoms with E-state index in [9.17, 15) is 34.8 Å². The molecule has 9 aliphatic rings. The van der Waals surface area contributed by atoms with Crippen LogP contribution in [0.25, 0.3) is 0 Å². The van der Waals surface area contributed by atoms with Crippen LogP contribution in [-0.4, -0.2) is 179 Å². The van der Waals surface area contributed by atoms with E-state index in [1.165, 1.54) is 75.1 Å². The van der Waals surface area contributed by atoms with Crippen LogP contribution >= 0.6 is 92.0 Å². The number of likely N-dealkylation sites (N-methyl/N-ethyl adjacent to an activating group) is 3. The van der Waals surface area contributed by atoms with Gasteiger partial charge in [0.2, 0.25) is 16.8 Å². The minimum Gasteiger partial charge on any atom is -1.00 e. The first-order chi connectivity index (χ1) is 37.5. The van der Waals surface area contributed by atoms with E-state index >= 15 is 0 Å². The van der Waals surface area contributed by atoms with Gasteiger partial charge in [0.1, 0.15) is 60.9 Å². The molecule has 6 aromatic rings. The lowest BCUT2D eigenvalue weighted by Crippen LogP contribution is -3.00. The molecule has 12 atom stereocenters. The first-order valence-corrected chi connectivity index (χ1v) is 31.6. The maximum atomic E-state index is 13.1. The Balaban J connectivity index is 0.000000124. The van der Waals surface area contributed by atoms with Gasteiger partial charge in [0.15, 0.2) is 0 Å². The van der Waals surface area contributed by atoms with Crippen molar-refractivity contribution in [2.24, 2.45) is 0 Å². The summed E-state index contributed by atoms with van der Waals surface area (Å²) in [6, 6.07) is 23.9. The molecule has 9 saturated heterocycles. The lowest BCUT2D eigenvalue weighted by molar-refractivity contribution is -0.938. The van der Waals surface area contributed by atoms with E-state index in [1.807, 2.05) is 56.5 Å². The van der Waals surface area contributed by atoms with Crippen LogP contribution in [0.15, 0.2) is 105 Å². The van der Waals surface area contributed by atoms with Crippen LogP contribution in [0.4, 0.5) is 0 Å². The fourth-order valence-electron chi connectivity index (χ4n) is 13.3. The highest BCUT2D eigenvalue weighted by atomic mass is 127. The van der Waals surface area contributed by atoms with Crippen molar-refractivity contribution in [1.82, 2.24) is 9.80 Å². The van der Waals surface area contributed by atoms with Crippen molar-refractivity contribution in [3.05, 3.63) is 134 Å². The molecule has 0 saturated carbocycles. The Bertz CT molecular complexity index is 2870. The van der Waals surface area contributed by atoms with E-state index in [0.29, 0.717) is 102 Å². The van der Waals surface area contributed by atoms with E-state index in [0.717, 1.165) is 43.0 Å². The molecular formula is C56H65BrIN3O13S6. The molecule has 0 amide bonds. The molecule has 9 fully saturated rings. The number of aliphatic hydroxyl groups excluding tert-OH is 1. The van der Waals surface area contributed by atoms with Gasteiger partial charge in [0, 0.05) is 49.9 Å². The number of morpholine rings is 3. The number of fused-ring (bicyclic) bond motifs is 15. The summed E-state index contributed by atoms with van der Waals surface area (Å²) < 4.78 is 34.4. The number of halogens is 2. The van der Waals surface area contributed by atoms with Crippen molar-refractivity contribution in [1.29, 1.82) is 0 Å². The lowest BCUT2D eigenvalue weighted by atomic mass is 9.95. The molecule has 0 radical (unpaired) electrons. The molecule has 24 heteroatoms. The number of quaternary nitrogens is 1. The SMILES string of the molecule is CN1C2CC(O)CC1C1OC12.CN1C2CC(OC(=O)C(O)(c3cccs3)c3cccs3)CC1C1OC12.COC(=O)C(O)(c1cccs1)c1cccs1.C[N+]1(C)C2CC(OC(=O)C(O)(c3cccs3)c3cccs3)CC1C1OC12.I.[Br-]. The molecule has 15 heterocycles. The third-order valence-corrected chi connectivity index (χ3v) is 23.6. The average Bonchev–Trinajstić information content (AvgIpc) is 3.98. The number of epoxide rings is 3. The van der Waals surface area contributed by atoms with Crippen molar-refractivity contribution in [2.75, 3.05) is 35.3 Å². The van der Waals surface area contributed by atoms with Crippen molar-refractivity contribution in [3.8, 4) is 0 Å². The molecule has 16 nitrogen and oxygen atoms in total. The first-order valence-electron chi connectivity index (χ1n) is 26.3. The molecule has 12 unspecified atom stereocenters. The van der Waals surface area contributed by atoms with Crippen molar-refractivity contribution in [2.45, 2.75) is 147 Å². The summed E-state index contributed by atoms with van der Waals surface area (Å²) in [6.07, 6.45) is 6.69. The number of ether oxygens (including phenoxy) is 6. The number of esters is 3. The number of piperidine rings is 3. The van der Waals surface area contributed by atoms with Gasteiger partial charge in [0.05, 0.1) is 56.6 Å². The summed E-state index contributed by atoms with van der Waals surface area (Å²) in [5.74, 6) is -1.79. The minimum absolute atomic E-state index is 0. The third-order valence-electron chi connectivity index (χ3n) is 17.7. The normalized spacial score (nSPS) is 32.4. The van der Waals surface area contributed by atoms with Gasteiger partial charge in [-0.1, -0.05) is 36.4 Å². The summed E-state index contributed by atoms with van der Waals surface area (Å²) in [4.78, 5) is 46.2. The van der Waals surface area contributed by atoms with Crippen LogP contribution in [0.2, 0.25) is 0 Å². The summed E-state index contributed by atoms with van der Waals surface area (Å²) >= 11 is 8.13. The largest absolute Gasteiger partial charge is 1.00 e. The van der Waals surface area contributed by atoms with Crippen LogP contribution in [0.5, 0.6) is 0 Å². The van der Waals surface area contributed by atoms with Crippen LogP contribution in [-0.2, 0) is 59.6 Å². The predicted octanol–water partition coefficient (Wildman–Crippen LogP) is 3.98. The van der Waals surface area contributed by atoms with E-state index in [4.69, 9.17) is 23.7 Å². The molecule has 432 valence electrons. The first kappa shape index (κ1) is 60.5. The van der Waals surface area contributed by atoms with Gasteiger partial charge in [-0.3, -0.25) is 9.80 Å². The molecule has 0 aromatic carbocycles. The Kier molecular flexibility index (Phi) is 17.9. The van der Waals surface area contributed by atoms with Crippen LogP contribution in [0.3, 0.4) is 0 Å². The smallest absolute Gasteiger partial charge is 0.349 e.